The average Bonchev–Trinajstić information content (AvgIpc) is 3.14. The Kier molecular flexibility index (Phi) is 10.9. The second kappa shape index (κ2) is 15.8. The fraction of sp³-hybridized carbons (Fsp3) is 0.487. The lowest BCUT2D eigenvalue weighted by atomic mass is 9.84. The number of aromatic nitrogens is 1. The van der Waals surface area contributed by atoms with Crippen LogP contribution in [-0.2, 0) is 22.7 Å². The first-order chi connectivity index (χ1) is 25.7. The lowest BCUT2D eigenvalue weighted by Gasteiger charge is -2.55. The number of fused-ring (bicyclic) bond motifs is 1. The summed E-state index contributed by atoms with van der Waals surface area (Å²) in [6.45, 7) is 13.5. The maximum absolute atomic E-state index is 15.3. The number of hydrazine groups is 1. The topological polar surface area (TPSA) is 119 Å². The van der Waals surface area contributed by atoms with Crippen LogP contribution in [0.3, 0.4) is 0 Å². The van der Waals surface area contributed by atoms with E-state index in [2.05, 4.69) is 33.5 Å². The normalized spacial score (nSPS) is 27.2. The monoisotopic (exact) mass is 727 g/mol. The van der Waals surface area contributed by atoms with Gasteiger partial charge in [0.25, 0.3) is 0 Å². The van der Waals surface area contributed by atoms with Gasteiger partial charge in [-0.15, -0.1) is 6.58 Å². The Morgan fingerprint density at radius 1 is 1.06 bits per heavy atom. The Bertz CT molecular complexity index is 1710. The van der Waals surface area contributed by atoms with Gasteiger partial charge in [-0.25, -0.2) is 24.2 Å². The molecule has 0 saturated carbocycles. The van der Waals surface area contributed by atoms with Gasteiger partial charge in [0.2, 0.25) is 11.8 Å². The van der Waals surface area contributed by atoms with Crippen LogP contribution in [0, 0.1) is 0 Å². The number of aliphatic hydroxyl groups is 1. The summed E-state index contributed by atoms with van der Waals surface area (Å²) in [5.41, 5.74) is -0.487. The zero-order valence-electron chi connectivity index (χ0n) is 30.3. The SMILES string of the molecule is C=CCN1CC(=O)N2C(CC3(O)C=CC=CC3F)C(=O)N(Cc3cccc(N4CC(N5CCN(CC)CC5)C4)n3)CC2N1C(=O)NCc1ccccc1. The zero-order valence-corrected chi connectivity index (χ0v) is 30.3. The molecule has 7 rings (SSSR count). The van der Waals surface area contributed by atoms with E-state index >= 15 is 4.39 Å². The Morgan fingerprint density at radius 2 is 1.83 bits per heavy atom. The number of nitrogens with zero attached hydrogens (tertiary/aromatic N) is 8. The van der Waals surface area contributed by atoms with Gasteiger partial charge < -0.3 is 30.0 Å². The molecule has 0 radical (unpaired) electrons. The van der Waals surface area contributed by atoms with Crippen molar-refractivity contribution in [2.75, 3.05) is 70.3 Å². The van der Waals surface area contributed by atoms with E-state index in [-0.39, 0.29) is 39.1 Å². The highest BCUT2D eigenvalue weighted by molar-refractivity contribution is 5.91. The van der Waals surface area contributed by atoms with Crippen molar-refractivity contribution >= 4 is 23.7 Å². The van der Waals surface area contributed by atoms with Gasteiger partial charge in [0.1, 0.15) is 23.6 Å². The molecule has 1 aromatic heterocycles. The number of nitrogens with one attached hydrogen (secondary N) is 1. The van der Waals surface area contributed by atoms with Crippen molar-refractivity contribution in [2.24, 2.45) is 0 Å². The van der Waals surface area contributed by atoms with Crippen molar-refractivity contribution in [3.8, 4) is 0 Å². The summed E-state index contributed by atoms with van der Waals surface area (Å²) in [6.07, 6.45) is 4.10. The summed E-state index contributed by atoms with van der Waals surface area (Å²) < 4.78 is 15.3. The van der Waals surface area contributed by atoms with Crippen molar-refractivity contribution in [1.29, 1.82) is 0 Å². The molecule has 282 valence electrons. The van der Waals surface area contributed by atoms with E-state index < -0.39 is 41.8 Å². The number of rotatable bonds is 11. The summed E-state index contributed by atoms with van der Waals surface area (Å²) in [7, 11) is 0. The Balaban J connectivity index is 1.13. The van der Waals surface area contributed by atoms with Crippen molar-refractivity contribution in [2.45, 2.75) is 56.5 Å². The van der Waals surface area contributed by atoms with Gasteiger partial charge in [-0.05, 0) is 36.4 Å². The number of urea groups is 1. The van der Waals surface area contributed by atoms with Gasteiger partial charge >= 0.3 is 6.03 Å². The van der Waals surface area contributed by atoms with Crippen molar-refractivity contribution in [3.63, 3.8) is 0 Å². The molecule has 4 amide bonds. The van der Waals surface area contributed by atoms with Crippen molar-refractivity contribution in [3.05, 3.63) is 96.7 Å². The van der Waals surface area contributed by atoms with E-state index in [0.717, 1.165) is 57.2 Å². The number of allylic oxidation sites excluding steroid dienone is 2. The van der Waals surface area contributed by atoms with Gasteiger partial charge in [-0.2, -0.15) is 0 Å². The van der Waals surface area contributed by atoms with Crippen LogP contribution in [0.1, 0.15) is 24.6 Å². The number of alkyl halides is 1. The van der Waals surface area contributed by atoms with Crippen molar-refractivity contribution < 1.29 is 23.9 Å². The number of piperazine rings is 2. The first kappa shape index (κ1) is 36.7. The summed E-state index contributed by atoms with van der Waals surface area (Å²) >= 11 is 0. The number of carbonyl (C=O) groups excluding carboxylic acids is 3. The minimum Gasteiger partial charge on any atom is -0.382 e. The molecule has 4 atom stereocenters. The highest BCUT2D eigenvalue weighted by Gasteiger charge is 2.54. The number of amides is 4. The minimum absolute atomic E-state index is 0.0118. The number of anilines is 1. The van der Waals surface area contributed by atoms with Crippen molar-refractivity contribution in [1.82, 2.24) is 39.9 Å². The molecular weight excluding hydrogens is 677 g/mol. The molecule has 14 heteroatoms. The standard InChI is InChI=1S/C39H50FN9O4/c1-3-17-47-28-36(50)48-32(22-39(53)16-9-8-14-33(39)40)37(51)46(27-35(48)49(47)38(52)41-23-29-11-6-5-7-12-29)24-30-13-10-15-34(42-30)45-25-31(26-45)44-20-18-43(4-2)19-21-44/h3,5-16,31-33,35,53H,1,4,17-28H2,2H3,(H,41,52). The van der Waals surface area contributed by atoms with Gasteiger partial charge in [0.15, 0.2) is 6.17 Å². The molecular formula is C39H50FN9O4. The molecule has 2 N–H and O–H groups in total. The molecule has 1 aliphatic carbocycles. The zero-order chi connectivity index (χ0) is 37.1. The third-order valence-corrected chi connectivity index (χ3v) is 11.1. The van der Waals surface area contributed by atoms with E-state index in [0.29, 0.717) is 11.7 Å². The number of benzene rings is 1. The van der Waals surface area contributed by atoms with E-state index in [1.807, 2.05) is 48.5 Å². The quantitative estimate of drug-likeness (QED) is 0.335. The van der Waals surface area contributed by atoms with Crippen LogP contribution in [0.4, 0.5) is 15.0 Å². The number of carbonyl (C=O) groups is 3. The Hall–Kier alpha value is -4.63. The number of likely N-dealkylation sites (N-methyl/N-ethyl adjacent to an activating group) is 1. The summed E-state index contributed by atoms with van der Waals surface area (Å²) in [4.78, 5) is 57.6. The predicted molar refractivity (Wildman–Crippen MR) is 199 cm³/mol. The molecule has 5 aliphatic rings. The molecule has 2 aromatic rings. The predicted octanol–water partition coefficient (Wildman–Crippen LogP) is 1.99. The lowest BCUT2D eigenvalue weighted by molar-refractivity contribution is -0.193. The van der Waals surface area contributed by atoms with E-state index in [9.17, 15) is 19.5 Å². The smallest absolute Gasteiger partial charge is 0.334 e. The van der Waals surface area contributed by atoms with Crippen LogP contribution in [0.2, 0.25) is 0 Å². The maximum atomic E-state index is 15.3. The molecule has 4 unspecified atom stereocenters. The number of hydrogen-bond acceptors (Lipinski definition) is 9. The molecule has 0 bridgehead atoms. The van der Waals surface area contributed by atoms with Crippen LogP contribution in [0.5, 0.6) is 0 Å². The first-order valence-corrected chi connectivity index (χ1v) is 18.6. The van der Waals surface area contributed by atoms with E-state index in [4.69, 9.17) is 4.98 Å². The molecule has 4 aliphatic heterocycles. The van der Waals surface area contributed by atoms with Gasteiger partial charge in [0.05, 0.1) is 25.3 Å². The fourth-order valence-corrected chi connectivity index (χ4v) is 8.08. The third-order valence-electron chi connectivity index (χ3n) is 11.1. The van der Waals surface area contributed by atoms with E-state index in [1.54, 1.807) is 16.0 Å². The summed E-state index contributed by atoms with van der Waals surface area (Å²) in [5, 5.41) is 17.5. The average molecular weight is 728 g/mol. The van der Waals surface area contributed by atoms with Crippen LogP contribution in [0.25, 0.3) is 0 Å². The largest absolute Gasteiger partial charge is 0.382 e. The first-order valence-electron chi connectivity index (χ1n) is 18.6. The van der Waals surface area contributed by atoms with E-state index in [1.165, 1.54) is 34.2 Å². The molecule has 0 spiro atoms. The Labute approximate surface area is 310 Å². The molecule has 4 fully saturated rings. The van der Waals surface area contributed by atoms with Gasteiger partial charge in [-0.1, -0.05) is 61.5 Å². The third kappa shape index (κ3) is 7.72. The van der Waals surface area contributed by atoms with Gasteiger partial charge in [-0.3, -0.25) is 14.5 Å². The summed E-state index contributed by atoms with van der Waals surface area (Å²) in [5.74, 6) is -0.0171. The molecule has 4 saturated heterocycles. The lowest BCUT2D eigenvalue weighted by Crippen LogP contribution is -2.77. The molecule has 53 heavy (non-hydrogen) atoms. The molecule has 13 nitrogen and oxygen atoms in total. The Morgan fingerprint density at radius 3 is 2.55 bits per heavy atom. The second-order valence-electron chi connectivity index (χ2n) is 14.5. The number of halogens is 1. The number of hydrogen-bond donors (Lipinski definition) is 2. The fourth-order valence-electron chi connectivity index (χ4n) is 8.08. The summed E-state index contributed by atoms with van der Waals surface area (Å²) in [6, 6.07) is 14.0. The molecule has 5 heterocycles. The maximum Gasteiger partial charge on any atom is 0.334 e. The van der Waals surface area contributed by atoms with Crippen LogP contribution < -0.4 is 10.2 Å². The molecule has 1 aromatic carbocycles. The van der Waals surface area contributed by atoms with Crippen LogP contribution in [0.15, 0.2) is 85.5 Å². The minimum atomic E-state index is -2.03. The van der Waals surface area contributed by atoms with Crippen LogP contribution in [-0.4, -0.2) is 153 Å². The highest BCUT2D eigenvalue weighted by Crippen LogP contribution is 2.35. The van der Waals surface area contributed by atoms with Gasteiger partial charge in [0, 0.05) is 64.8 Å². The highest BCUT2D eigenvalue weighted by atomic mass is 19.1. The number of pyridine rings is 1. The second-order valence-corrected chi connectivity index (χ2v) is 14.5. The van der Waals surface area contributed by atoms with Crippen LogP contribution >= 0.6 is 0 Å².